The lowest BCUT2D eigenvalue weighted by Gasteiger charge is -2.25. The third-order valence-electron chi connectivity index (χ3n) is 2.85. The maximum atomic E-state index is 9.09. The summed E-state index contributed by atoms with van der Waals surface area (Å²) in [6, 6.07) is 0. The number of nitrogen functional groups attached to an aromatic ring is 1. The number of hydrogen-bond acceptors (Lipinski definition) is 6. The zero-order valence-corrected chi connectivity index (χ0v) is 11.7. The van der Waals surface area contributed by atoms with E-state index in [4.69, 9.17) is 21.7 Å². The van der Waals surface area contributed by atoms with Crippen LogP contribution in [0.5, 0.6) is 0 Å². The van der Waals surface area contributed by atoms with Gasteiger partial charge in [0.2, 0.25) is 0 Å². The van der Waals surface area contributed by atoms with E-state index in [1.165, 1.54) is 0 Å². The Balaban J connectivity index is 2.88. The van der Waals surface area contributed by atoms with Crippen LogP contribution in [0.1, 0.15) is 20.3 Å². The summed E-state index contributed by atoms with van der Waals surface area (Å²) in [5, 5.41) is 22.4. The fourth-order valence-corrected chi connectivity index (χ4v) is 1.86. The average Bonchev–Trinajstić information content (AvgIpc) is 2.67. The molecule has 0 aromatic carbocycles. The molecule has 0 saturated carbocycles. The molecular formula is C12H25N5O2. The van der Waals surface area contributed by atoms with Gasteiger partial charge in [-0.05, 0) is 20.3 Å². The summed E-state index contributed by atoms with van der Waals surface area (Å²) in [6.45, 7) is 5.35. The second-order valence-electron chi connectivity index (χ2n) is 5.32. The number of hydrogen-bond donors (Lipinski definition) is 4. The average molecular weight is 271 g/mol. The molecule has 0 saturated heterocycles. The molecule has 0 aliphatic heterocycles. The van der Waals surface area contributed by atoms with Gasteiger partial charge >= 0.3 is 0 Å². The molecule has 19 heavy (non-hydrogen) atoms. The molecule has 1 heterocycles. The number of nitrogens with zero attached hydrogens (tertiary/aromatic N) is 3. The lowest BCUT2D eigenvalue weighted by molar-refractivity contribution is 0.279. The lowest BCUT2D eigenvalue weighted by Crippen LogP contribution is -2.35. The van der Waals surface area contributed by atoms with Crippen LogP contribution in [0.15, 0.2) is 6.20 Å². The van der Waals surface area contributed by atoms with E-state index in [-0.39, 0.29) is 18.8 Å². The second-order valence-corrected chi connectivity index (χ2v) is 5.32. The molecule has 0 radical (unpaired) electrons. The molecule has 7 heteroatoms. The zero-order chi connectivity index (χ0) is 14.5. The number of aliphatic hydroxyl groups is 2. The van der Waals surface area contributed by atoms with Gasteiger partial charge in [0.1, 0.15) is 0 Å². The third kappa shape index (κ3) is 4.70. The largest absolute Gasteiger partial charge is 0.395 e. The van der Waals surface area contributed by atoms with E-state index < -0.39 is 0 Å². The molecule has 0 bridgehead atoms. The number of anilines is 2. The van der Waals surface area contributed by atoms with E-state index in [9.17, 15) is 0 Å². The molecule has 1 rings (SSSR count). The number of aliphatic hydroxyl groups excluding tert-OH is 2. The van der Waals surface area contributed by atoms with Gasteiger partial charge in [0.15, 0.2) is 5.82 Å². The molecule has 0 unspecified atom stereocenters. The van der Waals surface area contributed by atoms with Crippen molar-refractivity contribution in [3.8, 4) is 0 Å². The van der Waals surface area contributed by atoms with E-state index in [1.54, 1.807) is 10.9 Å². The minimum atomic E-state index is -0.281. The maximum Gasteiger partial charge on any atom is 0.150 e. The van der Waals surface area contributed by atoms with Gasteiger partial charge in [-0.25, -0.2) is 4.68 Å². The minimum absolute atomic E-state index is 0.00694. The number of rotatable bonds is 8. The van der Waals surface area contributed by atoms with Gasteiger partial charge in [0, 0.05) is 25.2 Å². The normalized spacial score (nSPS) is 11.8. The summed E-state index contributed by atoms with van der Waals surface area (Å²) in [5.74, 6) is 0.729. The van der Waals surface area contributed by atoms with E-state index in [1.807, 2.05) is 18.7 Å². The van der Waals surface area contributed by atoms with E-state index in [0.29, 0.717) is 25.3 Å². The van der Waals surface area contributed by atoms with Crippen molar-refractivity contribution in [2.24, 2.45) is 5.73 Å². The van der Waals surface area contributed by atoms with Crippen LogP contribution < -0.4 is 16.4 Å². The first-order valence-electron chi connectivity index (χ1n) is 6.46. The Morgan fingerprint density at radius 3 is 2.37 bits per heavy atom. The molecule has 0 aliphatic rings. The molecule has 0 spiro atoms. The van der Waals surface area contributed by atoms with Gasteiger partial charge < -0.3 is 26.6 Å². The van der Waals surface area contributed by atoms with E-state index in [0.717, 1.165) is 12.2 Å². The Labute approximate surface area is 113 Å². The van der Waals surface area contributed by atoms with Crippen molar-refractivity contribution >= 4 is 11.5 Å². The molecule has 1 aromatic rings. The Morgan fingerprint density at radius 2 is 1.89 bits per heavy atom. The van der Waals surface area contributed by atoms with Crippen molar-refractivity contribution in [2.75, 3.05) is 36.9 Å². The predicted octanol–water partition coefficient (Wildman–Crippen LogP) is -0.616. The molecule has 0 atom stereocenters. The highest BCUT2D eigenvalue weighted by atomic mass is 16.3. The molecular weight excluding hydrogens is 246 g/mol. The molecule has 0 fully saturated rings. The first-order valence-corrected chi connectivity index (χ1v) is 6.46. The van der Waals surface area contributed by atoms with Crippen molar-refractivity contribution < 1.29 is 10.2 Å². The number of nitrogens with two attached hydrogens (primary N) is 2. The van der Waals surface area contributed by atoms with Crippen molar-refractivity contribution in [1.29, 1.82) is 0 Å². The van der Waals surface area contributed by atoms with Gasteiger partial charge in [-0.2, -0.15) is 5.10 Å². The molecule has 0 amide bonds. The van der Waals surface area contributed by atoms with Gasteiger partial charge in [-0.1, -0.05) is 0 Å². The van der Waals surface area contributed by atoms with Crippen LogP contribution in [0, 0.1) is 0 Å². The fraction of sp³-hybridized carbons (Fsp3) is 0.750. The summed E-state index contributed by atoms with van der Waals surface area (Å²) in [6.07, 6.45) is 2.34. The van der Waals surface area contributed by atoms with Crippen LogP contribution in [-0.4, -0.2) is 51.8 Å². The highest BCUT2D eigenvalue weighted by Gasteiger charge is 2.18. The first-order chi connectivity index (χ1) is 8.89. The number of aromatic nitrogens is 2. The molecule has 7 nitrogen and oxygen atoms in total. The standard InChI is InChI=1S/C12H25N5O2/c1-12(2,14)3-4-17-11(10(13)9-15-17)16(5-7-18)6-8-19/h9,18-19H,3-8,13-14H2,1-2H3. The summed E-state index contributed by atoms with van der Waals surface area (Å²) < 4.78 is 1.77. The van der Waals surface area contributed by atoms with E-state index >= 15 is 0 Å². The first kappa shape index (κ1) is 15.7. The quantitative estimate of drug-likeness (QED) is 0.501. The monoisotopic (exact) mass is 271 g/mol. The van der Waals surface area contributed by atoms with Crippen molar-refractivity contribution in [2.45, 2.75) is 32.4 Å². The van der Waals surface area contributed by atoms with Crippen molar-refractivity contribution in [1.82, 2.24) is 9.78 Å². The van der Waals surface area contributed by atoms with Gasteiger partial charge in [-0.3, -0.25) is 0 Å². The lowest BCUT2D eigenvalue weighted by atomic mass is 10.0. The number of aryl methyl sites for hydroxylation is 1. The van der Waals surface area contributed by atoms with Crippen LogP contribution in [0.4, 0.5) is 11.5 Å². The van der Waals surface area contributed by atoms with Crippen molar-refractivity contribution in [3.63, 3.8) is 0 Å². The van der Waals surface area contributed by atoms with Crippen molar-refractivity contribution in [3.05, 3.63) is 6.20 Å². The van der Waals surface area contributed by atoms with Crippen LogP contribution in [0.2, 0.25) is 0 Å². The minimum Gasteiger partial charge on any atom is -0.395 e. The molecule has 6 N–H and O–H groups in total. The van der Waals surface area contributed by atoms with Crippen LogP contribution in [0.3, 0.4) is 0 Å². The topological polar surface area (TPSA) is 114 Å². The Bertz CT molecular complexity index is 380. The smallest absolute Gasteiger partial charge is 0.150 e. The summed E-state index contributed by atoms with van der Waals surface area (Å²) in [7, 11) is 0. The Hall–Kier alpha value is -1.31. The van der Waals surface area contributed by atoms with E-state index in [2.05, 4.69) is 5.10 Å². The maximum absolute atomic E-state index is 9.09. The van der Waals surface area contributed by atoms with Crippen LogP contribution in [-0.2, 0) is 6.54 Å². The predicted molar refractivity (Wildman–Crippen MR) is 75.9 cm³/mol. The summed E-state index contributed by atoms with van der Waals surface area (Å²) >= 11 is 0. The molecule has 1 aromatic heterocycles. The Kier molecular flexibility index (Phi) is 5.59. The van der Waals surface area contributed by atoms with Crippen LogP contribution >= 0.6 is 0 Å². The van der Waals surface area contributed by atoms with Gasteiger partial charge in [0.25, 0.3) is 0 Å². The Morgan fingerprint density at radius 1 is 1.32 bits per heavy atom. The highest BCUT2D eigenvalue weighted by Crippen LogP contribution is 2.23. The zero-order valence-electron chi connectivity index (χ0n) is 11.7. The summed E-state index contributed by atoms with van der Waals surface area (Å²) in [5.41, 5.74) is 12.1. The molecule has 110 valence electrons. The summed E-state index contributed by atoms with van der Waals surface area (Å²) in [4.78, 5) is 1.83. The third-order valence-corrected chi connectivity index (χ3v) is 2.85. The van der Waals surface area contributed by atoms with Gasteiger partial charge in [0.05, 0.1) is 25.1 Å². The second kappa shape index (κ2) is 6.74. The fourth-order valence-electron chi connectivity index (χ4n) is 1.86. The highest BCUT2D eigenvalue weighted by molar-refractivity contribution is 5.62. The van der Waals surface area contributed by atoms with Crippen LogP contribution in [0.25, 0.3) is 0 Å². The van der Waals surface area contributed by atoms with Gasteiger partial charge in [-0.15, -0.1) is 0 Å². The SMILES string of the molecule is CC(C)(N)CCn1ncc(N)c1N(CCO)CCO. The molecule has 0 aliphatic carbocycles.